The van der Waals surface area contributed by atoms with Gasteiger partial charge in [-0.05, 0) is 93.1 Å². The molecule has 0 bridgehead atoms. The molecule has 1 aliphatic carbocycles. The lowest BCUT2D eigenvalue weighted by Crippen LogP contribution is -2.56. The summed E-state index contributed by atoms with van der Waals surface area (Å²) in [6.45, 7) is 5.99. The summed E-state index contributed by atoms with van der Waals surface area (Å²) in [5.74, 6) is 0.908. The Balaban J connectivity index is 1.07. The SMILES string of the molecule is Fc1ccc(C2CCOCC2)c(C2CCN(C3CCC4(C3)CN(c3nnco3)C4)CC2)c1. The highest BCUT2D eigenvalue weighted by molar-refractivity contribution is 5.35. The highest BCUT2D eigenvalue weighted by Crippen LogP contribution is 2.49. The van der Waals surface area contributed by atoms with Gasteiger partial charge in [0.05, 0.1) is 0 Å². The van der Waals surface area contributed by atoms with Crippen LogP contribution in [0.5, 0.6) is 0 Å². The van der Waals surface area contributed by atoms with Crippen molar-refractivity contribution in [2.75, 3.05) is 44.3 Å². The topological polar surface area (TPSA) is 54.6 Å². The average Bonchev–Trinajstić information content (AvgIpc) is 3.49. The molecule has 1 atom stereocenters. The van der Waals surface area contributed by atoms with Crippen LogP contribution in [-0.4, -0.2) is 60.5 Å². The maximum atomic E-state index is 14.2. The monoisotopic (exact) mass is 440 g/mol. The molecule has 1 spiro atoms. The summed E-state index contributed by atoms with van der Waals surface area (Å²) in [6, 6.07) is 6.88. The Labute approximate surface area is 189 Å². The Hall–Kier alpha value is -1.99. The molecule has 1 aromatic heterocycles. The summed E-state index contributed by atoms with van der Waals surface area (Å²) in [4.78, 5) is 4.93. The van der Waals surface area contributed by atoms with Gasteiger partial charge in [-0.15, -0.1) is 5.10 Å². The van der Waals surface area contributed by atoms with E-state index in [0.717, 1.165) is 65.1 Å². The lowest BCUT2D eigenvalue weighted by atomic mass is 9.78. The van der Waals surface area contributed by atoms with Crippen LogP contribution in [0.1, 0.15) is 67.9 Å². The van der Waals surface area contributed by atoms with Crippen molar-refractivity contribution in [2.24, 2.45) is 5.41 Å². The molecule has 1 unspecified atom stereocenters. The van der Waals surface area contributed by atoms with Crippen molar-refractivity contribution in [1.29, 1.82) is 0 Å². The van der Waals surface area contributed by atoms with E-state index in [4.69, 9.17) is 9.15 Å². The first-order valence-electron chi connectivity index (χ1n) is 12.3. The van der Waals surface area contributed by atoms with Gasteiger partial charge in [0.25, 0.3) is 0 Å². The highest BCUT2D eigenvalue weighted by Gasteiger charge is 2.50. The van der Waals surface area contributed by atoms with Crippen molar-refractivity contribution in [1.82, 2.24) is 15.1 Å². The number of anilines is 1. The number of aromatic nitrogens is 2. The third kappa shape index (κ3) is 3.83. The summed E-state index contributed by atoms with van der Waals surface area (Å²) in [7, 11) is 0. The maximum absolute atomic E-state index is 14.2. The molecule has 4 aliphatic rings. The minimum atomic E-state index is -0.0910. The van der Waals surface area contributed by atoms with E-state index in [9.17, 15) is 4.39 Å². The number of piperidine rings is 1. The van der Waals surface area contributed by atoms with Crippen LogP contribution in [0.15, 0.2) is 29.0 Å². The van der Waals surface area contributed by atoms with Crippen LogP contribution in [0.4, 0.5) is 10.4 Å². The number of ether oxygens (including phenoxy) is 1. The Kier molecular flexibility index (Phi) is 5.42. The number of hydrogen-bond acceptors (Lipinski definition) is 6. The molecule has 172 valence electrons. The lowest BCUT2D eigenvalue weighted by Gasteiger charge is -2.48. The van der Waals surface area contributed by atoms with E-state index in [2.05, 4.69) is 26.1 Å². The Bertz CT molecular complexity index is 916. The first-order valence-corrected chi connectivity index (χ1v) is 12.3. The van der Waals surface area contributed by atoms with Gasteiger partial charge in [-0.1, -0.05) is 11.2 Å². The molecule has 2 aromatic rings. The zero-order chi connectivity index (χ0) is 21.5. The zero-order valence-corrected chi connectivity index (χ0v) is 18.7. The van der Waals surface area contributed by atoms with E-state index in [-0.39, 0.29) is 5.82 Å². The second-order valence-corrected chi connectivity index (χ2v) is 10.4. The van der Waals surface area contributed by atoms with E-state index in [0.29, 0.717) is 29.3 Å². The number of benzene rings is 1. The van der Waals surface area contributed by atoms with E-state index in [1.54, 1.807) is 6.07 Å². The van der Waals surface area contributed by atoms with Crippen molar-refractivity contribution >= 4 is 6.01 Å². The fourth-order valence-electron chi connectivity index (χ4n) is 6.83. The molecule has 3 saturated heterocycles. The van der Waals surface area contributed by atoms with Crippen LogP contribution >= 0.6 is 0 Å². The fourth-order valence-corrected chi connectivity index (χ4v) is 6.83. The average molecular weight is 441 g/mol. The van der Waals surface area contributed by atoms with Gasteiger partial charge < -0.3 is 19.0 Å². The number of likely N-dealkylation sites (tertiary alicyclic amines) is 1. The van der Waals surface area contributed by atoms with Gasteiger partial charge in [-0.25, -0.2) is 4.39 Å². The smallest absolute Gasteiger partial charge is 0.317 e. The van der Waals surface area contributed by atoms with Gasteiger partial charge in [0.2, 0.25) is 6.39 Å². The molecule has 0 N–H and O–H groups in total. The predicted molar refractivity (Wildman–Crippen MR) is 119 cm³/mol. The molecule has 32 heavy (non-hydrogen) atoms. The molecule has 6 nitrogen and oxygen atoms in total. The molecule has 0 radical (unpaired) electrons. The predicted octanol–water partition coefficient (Wildman–Crippen LogP) is 4.34. The summed E-state index contributed by atoms with van der Waals surface area (Å²) < 4.78 is 25.1. The standard InChI is InChI=1S/C25H33FN4O2/c26-20-1-2-22(19-6-11-31-12-7-19)23(13-20)18-4-9-29(10-5-18)21-3-8-25(14-21)15-30(16-25)24-28-27-17-32-24/h1-2,13,17-19,21H,3-12,14-16H2. The van der Waals surface area contributed by atoms with Gasteiger partial charge >= 0.3 is 6.01 Å². The van der Waals surface area contributed by atoms with Crippen molar-refractivity contribution in [3.63, 3.8) is 0 Å². The van der Waals surface area contributed by atoms with E-state index in [1.165, 1.54) is 36.8 Å². The van der Waals surface area contributed by atoms with E-state index in [1.807, 2.05) is 6.07 Å². The Morgan fingerprint density at radius 3 is 2.50 bits per heavy atom. The first-order chi connectivity index (χ1) is 15.7. The highest BCUT2D eigenvalue weighted by atomic mass is 19.1. The normalized spacial score (nSPS) is 27.2. The van der Waals surface area contributed by atoms with Crippen molar-refractivity contribution < 1.29 is 13.5 Å². The summed E-state index contributed by atoms with van der Waals surface area (Å²) >= 11 is 0. The van der Waals surface area contributed by atoms with E-state index >= 15 is 0 Å². The first kappa shape index (κ1) is 20.6. The second-order valence-electron chi connectivity index (χ2n) is 10.4. The number of hydrogen-bond donors (Lipinski definition) is 0. The van der Waals surface area contributed by atoms with Crippen LogP contribution in [0.3, 0.4) is 0 Å². The number of halogens is 1. The van der Waals surface area contributed by atoms with Crippen LogP contribution in [0.25, 0.3) is 0 Å². The number of nitrogens with zero attached hydrogens (tertiary/aromatic N) is 4. The third-order valence-corrected chi connectivity index (χ3v) is 8.54. The summed E-state index contributed by atoms with van der Waals surface area (Å²) in [5, 5.41) is 7.86. The summed E-state index contributed by atoms with van der Waals surface area (Å²) in [5.41, 5.74) is 3.08. The fraction of sp³-hybridized carbons (Fsp3) is 0.680. The Morgan fingerprint density at radius 1 is 0.969 bits per heavy atom. The maximum Gasteiger partial charge on any atom is 0.317 e. The minimum absolute atomic E-state index is 0.0910. The molecule has 7 heteroatoms. The van der Waals surface area contributed by atoms with Crippen molar-refractivity contribution in [3.05, 3.63) is 41.5 Å². The second kappa shape index (κ2) is 8.41. The third-order valence-electron chi connectivity index (χ3n) is 8.54. The molecule has 4 fully saturated rings. The number of rotatable bonds is 4. The largest absolute Gasteiger partial charge is 0.411 e. The molecular formula is C25H33FN4O2. The van der Waals surface area contributed by atoms with Gasteiger partial charge in [-0.2, -0.15) is 0 Å². The molecule has 1 saturated carbocycles. The zero-order valence-electron chi connectivity index (χ0n) is 18.7. The van der Waals surface area contributed by atoms with Crippen molar-refractivity contribution in [2.45, 2.75) is 62.8 Å². The quantitative estimate of drug-likeness (QED) is 0.705. The molecule has 0 amide bonds. The van der Waals surface area contributed by atoms with Crippen LogP contribution in [0.2, 0.25) is 0 Å². The van der Waals surface area contributed by atoms with Crippen LogP contribution < -0.4 is 4.90 Å². The Morgan fingerprint density at radius 2 is 1.75 bits per heavy atom. The van der Waals surface area contributed by atoms with Gasteiger partial charge in [0, 0.05) is 37.8 Å². The minimum Gasteiger partial charge on any atom is -0.411 e. The van der Waals surface area contributed by atoms with Gasteiger partial charge in [-0.3, -0.25) is 0 Å². The molecular weight excluding hydrogens is 407 g/mol. The van der Waals surface area contributed by atoms with Crippen molar-refractivity contribution in [3.8, 4) is 0 Å². The van der Waals surface area contributed by atoms with Crippen LogP contribution in [-0.2, 0) is 4.74 Å². The molecule has 6 rings (SSSR count). The molecule has 3 aliphatic heterocycles. The lowest BCUT2D eigenvalue weighted by molar-refractivity contribution is 0.0848. The summed E-state index contributed by atoms with van der Waals surface area (Å²) in [6.07, 6.45) is 9.65. The van der Waals surface area contributed by atoms with E-state index < -0.39 is 0 Å². The molecule has 1 aromatic carbocycles. The van der Waals surface area contributed by atoms with Gasteiger partial charge in [0.15, 0.2) is 0 Å². The van der Waals surface area contributed by atoms with Gasteiger partial charge in [0.1, 0.15) is 5.82 Å². The van der Waals surface area contributed by atoms with Crippen LogP contribution in [0, 0.1) is 11.2 Å². The molecule has 4 heterocycles.